The van der Waals surface area contributed by atoms with Crippen LogP contribution in [0.15, 0.2) is 66.0 Å². The minimum atomic E-state index is -0.547. The fraction of sp³-hybridized carbons (Fsp3) is 0.303. The van der Waals surface area contributed by atoms with Crippen LogP contribution >= 0.6 is 11.3 Å². The van der Waals surface area contributed by atoms with E-state index in [2.05, 4.69) is 60.2 Å². The second-order valence-electron chi connectivity index (χ2n) is 11.0. The van der Waals surface area contributed by atoms with Crippen molar-refractivity contribution in [3.63, 3.8) is 0 Å². The van der Waals surface area contributed by atoms with Crippen molar-refractivity contribution in [2.45, 2.75) is 66.5 Å². The van der Waals surface area contributed by atoms with Gasteiger partial charge in [-0.1, -0.05) is 49.4 Å². The smallest absolute Gasteiger partial charge is 0.339 e. The van der Waals surface area contributed by atoms with Gasteiger partial charge in [0.2, 0.25) is 0 Å². The van der Waals surface area contributed by atoms with E-state index in [1.54, 1.807) is 11.3 Å². The Morgan fingerprint density at radius 3 is 2.38 bits per heavy atom. The number of ether oxygens (including phenoxy) is 1. The predicted octanol–water partition coefficient (Wildman–Crippen LogP) is 8.40. The lowest BCUT2D eigenvalue weighted by molar-refractivity contribution is 0.00704. The molecule has 5 aromatic rings. The number of hydrogen-bond donors (Lipinski definition) is 0. The topological polar surface area (TPSA) is 57.0 Å². The summed E-state index contributed by atoms with van der Waals surface area (Å²) in [5, 5.41) is 3.19. The summed E-state index contributed by atoms with van der Waals surface area (Å²) in [5.41, 5.74) is 8.56. The highest BCUT2D eigenvalue weighted by Crippen LogP contribution is 2.31. The maximum Gasteiger partial charge on any atom is 0.339 e. The molecule has 0 saturated heterocycles. The van der Waals surface area contributed by atoms with Crippen molar-refractivity contribution in [2.75, 3.05) is 0 Å². The van der Waals surface area contributed by atoms with Crippen LogP contribution in [0.4, 0.5) is 0 Å². The molecule has 5 nitrogen and oxygen atoms in total. The van der Waals surface area contributed by atoms with Crippen LogP contribution in [0.2, 0.25) is 0 Å². The number of nitrogens with zero attached hydrogens (tertiary/aromatic N) is 3. The van der Waals surface area contributed by atoms with E-state index >= 15 is 0 Å². The van der Waals surface area contributed by atoms with E-state index < -0.39 is 5.60 Å². The second-order valence-corrected chi connectivity index (χ2v) is 12.1. The highest BCUT2D eigenvalue weighted by molar-refractivity contribution is 7.09. The third-order valence-electron chi connectivity index (χ3n) is 6.66. The van der Waals surface area contributed by atoms with E-state index in [9.17, 15) is 4.79 Å². The number of carbonyl (C=O) groups excluding carboxylic acids is 1. The van der Waals surface area contributed by atoms with Gasteiger partial charge >= 0.3 is 5.97 Å². The van der Waals surface area contributed by atoms with E-state index in [0.717, 1.165) is 63.6 Å². The minimum absolute atomic E-state index is 0.308. The zero-order valence-electron chi connectivity index (χ0n) is 23.5. The Kier molecular flexibility index (Phi) is 7.41. The monoisotopic (exact) mass is 537 g/mol. The maximum absolute atomic E-state index is 12.9. The Balaban J connectivity index is 1.50. The molecular weight excluding hydrogens is 502 g/mol. The molecule has 0 N–H and O–H groups in total. The first-order valence-electron chi connectivity index (χ1n) is 13.5. The predicted molar refractivity (Wildman–Crippen MR) is 160 cm³/mol. The van der Waals surface area contributed by atoms with Crippen LogP contribution in [-0.2, 0) is 17.7 Å². The molecule has 3 aromatic carbocycles. The Bertz CT molecular complexity index is 1640. The van der Waals surface area contributed by atoms with Gasteiger partial charge < -0.3 is 9.30 Å². The van der Waals surface area contributed by atoms with Crippen molar-refractivity contribution in [3.8, 4) is 22.4 Å². The van der Waals surface area contributed by atoms with Crippen LogP contribution in [0.3, 0.4) is 0 Å². The van der Waals surface area contributed by atoms with Crippen LogP contribution in [-0.4, -0.2) is 26.1 Å². The number of rotatable bonds is 7. The number of benzene rings is 3. The summed E-state index contributed by atoms with van der Waals surface area (Å²) in [7, 11) is 0. The van der Waals surface area contributed by atoms with Crippen molar-refractivity contribution >= 4 is 28.3 Å². The van der Waals surface area contributed by atoms with Crippen molar-refractivity contribution in [1.29, 1.82) is 0 Å². The van der Waals surface area contributed by atoms with Crippen LogP contribution in [0.1, 0.15) is 66.4 Å². The summed E-state index contributed by atoms with van der Waals surface area (Å²) in [6.07, 6.45) is 1.95. The highest BCUT2D eigenvalue weighted by atomic mass is 32.1. The van der Waals surface area contributed by atoms with Gasteiger partial charge in [-0.15, -0.1) is 11.3 Å². The first-order valence-corrected chi connectivity index (χ1v) is 14.3. The molecule has 0 aliphatic heterocycles. The Morgan fingerprint density at radius 2 is 1.72 bits per heavy atom. The van der Waals surface area contributed by atoms with E-state index in [4.69, 9.17) is 14.7 Å². The Labute approximate surface area is 234 Å². The lowest BCUT2D eigenvalue weighted by Crippen LogP contribution is -2.24. The Morgan fingerprint density at radius 1 is 0.974 bits per heavy atom. The molecule has 0 radical (unpaired) electrons. The number of aromatic nitrogens is 3. The minimum Gasteiger partial charge on any atom is -0.456 e. The van der Waals surface area contributed by atoms with Crippen molar-refractivity contribution < 1.29 is 9.53 Å². The number of thiazole rings is 1. The summed E-state index contributed by atoms with van der Waals surface area (Å²) >= 11 is 1.67. The average molecular weight is 538 g/mol. The summed E-state index contributed by atoms with van der Waals surface area (Å²) < 4.78 is 8.00. The lowest BCUT2D eigenvalue weighted by Gasteiger charge is -2.20. The van der Waals surface area contributed by atoms with Crippen LogP contribution < -0.4 is 0 Å². The van der Waals surface area contributed by atoms with E-state index in [-0.39, 0.29) is 5.97 Å². The van der Waals surface area contributed by atoms with Gasteiger partial charge in [-0.2, -0.15) is 0 Å². The SMILES string of the molecule is CCCc1nc2c(C)cc(-c3csc(C)n3)cc2n1Cc1ccc(-c2ccccc2C(=O)OC(C)(C)C)cc1. The fourth-order valence-electron chi connectivity index (χ4n) is 4.89. The van der Waals surface area contributed by atoms with E-state index in [1.165, 1.54) is 11.1 Å². The molecule has 39 heavy (non-hydrogen) atoms. The second kappa shape index (κ2) is 10.8. The lowest BCUT2D eigenvalue weighted by atomic mass is 9.98. The Hall–Kier alpha value is -3.77. The number of imidazole rings is 1. The molecule has 0 saturated carbocycles. The molecule has 2 aromatic heterocycles. The fourth-order valence-corrected chi connectivity index (χ4v) is 5.52. The first kappa shape index (κ1) is 26.8. The van der Waals surface area contributed by atoms with Crippen LogP contribution in [0, 0.1) is 13.8 Å². The van der Waals surface area contributed by atoms with Crippen molar-refractivity contribution in [1.82, 2.24) is 14.5 Å². The number of carbonyl (C=O) groups is 1. The van der Waals surface area contributed by atoms with Crippen molar-refractivity contribution in [3.05, 3.63) is 93.6 Å². The molecule has 2 heterocycles. The first-order chi connectivity index (χ1) is 18.6. The molecule has 0 fully saturated rings. The highest BCUT2D eigenvalue weighted by Gasteiger charge is 2.21. The third-order valence-corrected chi connectivity index (χ3v) is 7.44. The zero-order valence-corrected chi connectivity index (χ0v) is 24.4. The summed E-state index contributed by atoms with van der Waals surface area (Å²) in [5.74, 6) is 0.791. The quantitative estimate of drug-likeness (QED) is 0.196. The normalized spacial score (nSPS) is 11.7. The molecule has 0 aliphatic carbocycles. The van der Waals surface area contributed by atoms with Gasteiger partial charge in [0, 0.05) is 23.9 Å². The average Bonchev–Trinajstić information content (AvgIpc) is 3.48. The summed E-state index contributed by atoms with van der Waals surface area (Å²) in [6.45, 7) is 12.7. The molecule has 200 valence electrons. The molecule has 0 aliphatic rings. The molecule has 0 bridgehead atoms. The van der Waals surface area contributed by atoms with Gasteiger partial charge in [0.1, 0.15) is 11.4 Å². The third kappa shape index (κ3) is 5.81. The van der Waals surface area contributed by atoms with Gasteiger partial charge in [0.25, 0.3) is 0 Å². The maximum atomic E-state index is 12.9. The standard InChI is InChI=1S/C33H35N3O2S/c1-7-10-30-35-31-21(2)17-25(28-20-39-22(3)34-28)18-29(31)36(30)19-23-13-15-24(16-14-23)26-11-8-9-12-27(26)32(37)38-33(4,5)6/h8-9,11-18,20H,7,10,19H2,1-6H3. The van der Waals surface area contributed by atoms with E-state index in [1.807, 2.05) is 52.0 Å². The summed E-state index contributed by atoms with van der Waals surface area (Å²) in [6, 6.07) is 20.5. The number of hydrogen-bond acceptors (Lipinski definition) is 5. The van der Waals surface area contributed by atoms with Gasteiger partial charge in [0.15, 0.2) is 0 Å². The molecule has 0 spiro atoms. The molecule has 0 atom stereocenters. The molecule has 5 rings (SSSR count). The van der Waals surface area contributed by atoms with Gasteiger partial charge in [-0.3, -0.25) is 0 Å². The van der Waals surface area contributed by atoms with Gasteiger partial charge in [-0.05, 0) is 81.5 Å². The van der Waals surface area contributed by atoms with Crippen molar-refractivity contribution in [2.24, 2.45) is 0 Å². The summed E-state index contributed by atoms with van der Waals surface area (Å²) in [4.78, 5) is 22.7. The zero-order chi connectivity index (χ0) is 27.7. The van der Waals surface area contributed by atoms with Gasteiger partial charge in [0.05, 0.1) is 27.3 Å². The number of esters is 1. The largest absolute Gasteiger partial charge is 0.456 e. The molecule has 0 amide bonds. The van der Waals surface area contributed by atoms with Crippen LogP contribution in [0.25, 0.3) is 33.4 Å². The van der Waals surface area contributed by atoms with E-state index in [0.29, 0.717) is 5.56 Å². The van der Waals surface area contributed by atoms with Gasteiger partial charge in [-0.25, -0.2) is 14.8 Å². The molecule has 0 unspecified atom stereocenters. The molecular formula is C33H35N3O2S. The number of aryl methyl sites for hydroxylation is 3. The van der Waals surface area contributed by atoms with Crippen LogP contribution in [0.5, 0.6) is 0 Å². The molecule has 6 heteroatoms. The number of fused-ring (bicyclic) bond motifs is 1.